The average Bonchev–Trinajstić information content (AvgIpc) is 3.24. The summed E-state index contributed by atoms with van der Waals surface area (Å²) in [7, 11) is 1.34. The molecule has 0 bridgehead atoms. The number of nitrogens with one attached hydrogen (secondary N) is 1. The van der Waals surface area contributed by atoms with Crippen LogP contribution in [0.4, 0.5) is 5.69 Å². The number of hydrogen-bond donors (Lipinski definition) is 1. The summed E-state index contributed by atoms with van der Waals surface area (Å²) in [6, 6.07) is 23.5. The standard InChI is InChI=1S/C27H20N2O4/c1-18-24(25(29-33-18)21-10-4-3-5-11-21)26(30)28-23-13-7-9-20(17-23)15-14-19-8-6-12-22(16-19)27(31)32-2/h3-13,16-17H,1-2H3,(H,28,30). The number of methoxy groups -OCH3 is 1. The highest BCUT2D eigenvalue weighted by Crippen LogP contribution is 2.26. The van der Waals surface area contributed by atoms with Crippen LogP contribution in [-0.2, 0) is 4.74 Å². The second kappa shape index (κ2) is 9.67. The Morgan fingerprint density at radius 3 is 2.33 bits per heavy atom. The zero-order chi connectivity index (χ0) is 23.2. The van der Waals surface area contributed by atoms with Crippen molar-refractivity contribution in [3.63, 3.8) is 0 Å². The van der Waals surface area contributed by atoms with Gasteiger partial charge in [0.2, 0.25) is 0 Å². The van der Waals surface area contributed by atoms with E-state index in [1.807, 2.05) is 48.5 Å². The number of aryl methyl sites for hydroxylation is 1. The van der Waals surface area contributed by atoms with Crippen LogP contribution in [0.1, 0.15) is 37.6 Å². The zero-order valence-electron chi connectivity index (χ0n) is 18.1. The van der Waals surface area contributed by atoms with E-state index in [4.69, 9.17) is 9.26 Å². The van der Waals surface area contributed by atoms with Gasteiger partial charge >= 0.3 is 5.97 Å². The largest absolute Gasteiger partial charge is 0.465 e. The van der Waals surface area contributed by atoms with Crippen LogP contribution in [0, 0.1) is 18.8 Å². The molecule has 6 heteroatoms. The van der Waals surface area contributed by atoms with E-state index in [0.29, 0.717) is 39.4 Å². The molecule has 0 spiro atoms. The second-order valence-electron chi connectivity index (χ2n) is 7.19. The summed E-state index contributed by atoms with van der Waals surface area (Å²) in [5.74, 6) is 5.80. The Morgan fingerprint density at radius 2 is 1.61 bits per heavy atom. The second-order valence-corrected chi connectivity index (χ2v) is 7.19. The molecule has 0 aliphatic rings. The van der Waals surface area contributed by atoms with Gasteiger partial charge < -0.3 is 14.6 Å². The Morgan fingerprint density at radius 1 is 0.909 bits per heavy atom. The number of nitrogens with zero attached hydrogens (tertiary/aromatic N) is 1. The lowest BCUT2D eigenvalue weighted by molar-refractivity contribution is 0.0600. The van der Waals surface area contributed by atoms with Crippen molar-refractivity contribution in [2.45, 2.75) is 6.92 Å². The van der Waals surface area contributed by atoms with Crippen molar-refractivity contribution in [1.29, 1.82) is 0 Å². The summed E-state index contributed by atoms with van der Waals surface area (Å²) in [4.78, 5) is 24.7. The van der Waals surface area contributed by atoms with E-state index in [1.54, 1.807) is 37.3 Å². The number of ether oxygens (including phenoxy) is 1. The van der Waals surface area contributed by atoms with Crippen molar-refractivity contribution in [3.05, 3.63) is 107 Å². The first kappa shape index (κ1) is 21.6. The topological polar surface area (TPSA) is 81.4 Å². The number of esters is 1. The molecule has 6 nitrogen and oxygen atoms in total. The fourth-order valence-electron chi connectivity index (χ4n) is 3.29. The van der Waals surface area contributed by atoms with E-state index in [1.165, 1.54) is 7.11 Å². The van der Waals surface area contributed by atoms with Crippen LogP contribution in [0.15, 0.2) is 83.4 Å². The monoisotopic (exact) mass is 436 g/mol. The number of anilines is 1. The van der Waals surface area contributed by atoms with Crippen LogP contribution >= 0.6 is 0 Å². The van der Waals surface area contributed by atoms with Gasteiger partial charge in [-0.3, -0.25) is 4.79 Å². The molecule has 33 heavy (non-hydrogen) atoms. The van der Waals surface area contributed by atoms with Crippen LogP contribution in [0.3, 0.4) is 0 Å². The molecule has 1 heterocycles. The van der Waals surface area contributed by atoms with Gasteiger partial charge in [-0.1, -0.05) is 59.5 Å². The summed E-state index contributed by atoms with van der Waals surface area (Å²) < 4.78 is 10.0. The summed E-state index contributed by atoms with van der Waals surface area (Å²) >= 11 is 0. The molecule has 4 rings (SSSR count). The maximum atomic E-state index is 13.0. The molecular weight excluding hydrogens is 416 g/mol. The number of hydrogen-bond acceptors (Lipinski definition) is 5. The maximum absolute atomic E-state index is 13.0. The molecule has 1 aromatic heterocycles. The summed E-state index contributed by atoms with van der Waals surface area (Å²) in [6.07, 6.45) is 0. The molecule has 0 saturated carbocycles. The van der Waals surface area contributed by atoms with Gasteiger partial charge in [-0.2, -0.15) is 0 Å². The van der Waals surface area contributed by atoms with E-state index in [-0.39, 0.29) is 5.91 Å². The molecule has 4 aromatic rings. The first-order valence-corrected chi connectivity index (χ1v) is 10.2. The molecular formula is C27H20N2O4. The molecule has 1 N–H and O–H groups in total. The highest BCUT2D eigenvalue weighted by Gasteiger charge is 2.21. The summed E-state index contributed by atoms with van der Waals surface area (Å²) in [5, 5.41) is 6.96. The van der Waals surface area contributed by atoms with Gasteiger partial charge in [0.25, 0.3) is 5.91 Å². The minimum absolute atomic E-state index is 0.316. The van der Waals surface area contributed by atoms with Crippen molar-refractivity contribution in [2.24, 2.45) is 0 Å². The van der Waals surface area contributed by atoms with E-state index in [2.05, 4.69) is 22.3 Å². The van der Waals surface area contributed by atoms with Gasteiger partial charge in [0.1, 0.15) is 17.0 Å². The molecule has 0 aliphatic carbocycles. The fourth-order valence-corrected chi connectivity index (χ4v) is 3.29. The van der Waals surface area contributed by atoms with Gasteiger partial charge in [0.15, 0.2) is 0 Å². The Balaban J connectivity index is 1.55. The molecule has 0 atom stereocenters. The van der Waals surface area contributed by atoms with Crippen LogP contribution in [0.25, 0.3) is 11.3 Å². The quantitative estimate of drug-likeness (QED) is 0.356. The van der Waals surface area contributed by atoms with E-state index >= 15 is 0 Å². The Bertz CT molecular complexity index is 1380. The predicted molar refractivity (Wildman–Crippen MR) is 125 cm³/mol. The SMILES string of the molecule is COC(=O)c1cccc(C#Cc2cccc(NC(=O)c3c(-c4ccccc4)noc3C)c2)c1. The summed E-state index contributed by atoms with van der Waals surface area (Å²) in [6.45, 7) is 1.71. The fraction of sp³-hybridized carbons (Fsp3) is 0.0741. The van der Waals surface area contributed by atoms with Gasteiger partial charge in [-0.15, -0.1) is 0 Å². The normalized spacial score (nSPS) is 10.1. The van der Waals surface area contributed by atoms with E-state index < -0.39 is 5.97 Å². The van der Waals surface area contributed by atoms with Crippen molar-refractivity contribution in [3.8, 4) is 23.1 Å². The third-order valence-corrected chi connectivity index (χ3v) is 4.89. The molecule has 0 aliphatic heterocycles. The molecule has 0 unspecified atom stereocenters. The smallest absolute Gasteiger partial charge is 0.337 e. The van der Waals surface area contributed by atoms with E-state index in [9.17, 15) is 9.59 Å². The lowest BCUT2D eigenvalue weighted by atomic mass is 10.1. The first-order valence-electron chi connectivity index (χ1n) is 10.2. The van der Waals surface area contributed by atoms with Crippen molar-refractivity contribution < 1.29 is 18.8 Å². The number of benzene rings is 3. The van der Waals surface area contributed by atoms with Crippen molar-refractivity contribution >= 4 is 17.6 Å². The minimum atomic E-state index is -0.415. The molecule has 162 valence electrons. The Labute approximate surface area is 191 Å². The number of aromatic nitrogens is 1. The van der Waals surface area contributed by atoms with Gasteiger partial charge in [0, 0.05) is 22.4 Å². The molecule has 3 aromatic carbocycles. The molecule has 0 radical (unpaired) electrons. The number of rotatable bonds is 4. The Kier molecular flexibility index (Phi) is 6.33. The van der Waals surface area contributed by atoms with Crippen LogP contribution in [0.5, 0.6) is 0 Å². The van der Waals surface area contributed by atoms with Crippen molar-refractivity contribution in [2.75, 3.05) is 12.4 Å². The lowest BCUT2D eigenvalue weighted by Gasteiger charge is -2.06. The molecule has 0 fully saturated rings. The van der Waals surface area contributed by atoms with Crippen LogP contribution < -0.4 is 5.32 Å². The van der Waals surface area contributed by atoms with E-state index in [0.717, 1.165) is 5.56 Å². The third-order valence-electron chi connectivity index (χ3n) is 4.89. The first-order chi connectivity index (χ1) is 16.0. The number of carbonyl (C=O) groups is 2. The zero-order valence-corrected chi connectivity index (χ0v) is 18.1. The highest BCUT2D eigenvalue weighted by atomic mass is 16.5. The number of amides is 1. The van der Waals surface area contributed by atoms with Gasteiger partial charge in [-0.05, 0) is 43.3 Å². The van der Waals surface area contributed by atoms with Gasteiger partial charge in [0.05, 0.1) is 12.7 Å². The lowest BCUT2D eigenvalue weighted by Crippen LogP contribution is -2.13. The highest BCUT2D eigenvalue weighted by molar-refractivity contribution is 6.08. The molecule has 0 saturated heterocycles. The van der Waals surface area contributed by atoms with Gasteiger partial charge in [-0.25, -0.2) is 4.79 Å². The molecule has 1 amide bonds. The maximum Gasteiger partial charge on any atom is 0.337 e. The van der Waals surface area contributed by atoms with Crippen LogP contribution in [-0.4, -0.2) is 24.1 Å². The number of carbonyl (C=O) groups excluding carboxylic acids is 2. The minimum Gasteiger partial charge on any atom is -0.465 e. The average molecular weight is 436 g/mol. The predicted octanol–water partition coefficient (Wildman–Crippen LogP) is 5.09. The third kappa shape index (κ3) is 5.00. The summed E-state index contributed by atoms with van der Waals surface area (Å²) in [5.41, 5.74) is 4.09. The van der Waals surface area contributed by atoms with Crippen LogP contribution in [0.2, 0.25) is 0 Å². The Hall–Kier alpha value is -4.63. The van der Waals surface area contributed by atoms with Crippen molar-refractivity contribution in [1.82, 2.24) is 5.16 Å².